The van der Waals surface area contributed by atoms with Crippen molar-refractivity contribution in [3.05, 3.63) is 58.0 Å². The smallest absolute Gasteiger partial charge is 0.433 e. The average molecular weight is 461 g/mol. The molecule has 8 nitrogen and oxygen atoms in total. The van der Waals surface area contributed by atoms with Crippen LogP contribution in [0.2, 0.25) is 0 Å². The highest BCUT2D eigenvalue weighted by Gasteiger charge is 2.76. The van der Waals surface area contributed by atoms with Gasteiger partial charge in [0.05, 0.1) is 19.8 Å². The number of methoxy groups -OCH3 is 2. The van der Waals surface area contributed by atoms with Crippen molar-refractivity contribution in [3.8, 4) is 35.3 Å². The Morgan fingerprint density at radius 2 is 1.88 bits per heavy atom. The van der Waals surface area contributed by atoms with Crippen LogP contribution in [0.25, 0.3) is 4.85 Å². The number of aliphatic imine (C=N–C) groups is 1. The molecule has 0 amide bonds. The van der Waals surface area contributed by atoms with Crippen molar-refractivity contribution < 1.29 is 28.5 Å². The molecule has 5 rings (SSSR count). The molecule has 3 atom stereocenters. The number of carbonyl (C=O) groups is 1. The third-order valence-corrected chi connectivity index (χ3v) is 7.13. The van der Waals surface area contributed by atoms with Crippen molar-refractivity contribution in [2.24, 2.45) is 4.99 Å². The van der Waals surface area contributed by atoms with Gasteiger partial charge >= 0.3 is 11.3 Å². The summed E-state index contributed by atoms with van der Waals surface area (Å²) in [5.74, 6) is 1.79. The quantitative estimate of drug-likeness (QED) is 0.502. The number of hydrogen-bond donors (Lipinski definition) is 0. The van der Waals surface area contributed by atoms with Crippen LogP contribution in [0.4, 0.5) is 0 Å². The van der Waals surface area contributed by atoms with Crippen LogP contribution in [-0.4, -0.2) is 44.7 Å². The molecule has 3 aliphatic rings. The van der Waals surface area contributed by atoms with Crippen molar-refractivity contribution in [1.29, 1.82) is 0 Å². The van der Waals surface area contributed by atoms with Crippen LogP contribution in [0.5, 0.6) is 28.7 Å². The van der Waals surface area contributed by atoms with Gasteiger partial charge < -0.3 is 23.7 Å². The first-order chi connectivity index (χ1) is 16.2. The fraction of sp³-hybridized carbons (Fsp3) is 0.346. The monoisotopic (exact) mass is 461 g/mol. The van der Waals surface area contributed by atoms with Crippen LogP contribution in [-0.2, 0) is 12.0 Å². The minimum Gasteiger partial charge on any atom is -0.493 e. The Labute approximate surface area is 197 Å². The summed E-state index contributed by atoms with van der Waals surface area (Å²) in [6.07, 6.45) is 0.483. The molecule has 0 fully saturated rings. The predicted octanol–water partition coefficient (Wildman–Crippen LogP) is 4.20. The van der Waals surface area contributed by atoms with Crippen molar-refractivity contribution >= 4 is 12.5 Å². The summed E-state index contributed by atoms with van der Waals surface area (Å²) in [5.41, 5.74) is -1.72. The first kappa shape index (κ1) is 21.8. The lowest BCUT2D eigenvalue weighted by atomic mass is 9.71. The highest BCUT2D eigenvalue weighted by molar-refractivity contribution is 6.10. The van der Waals surface area contributed by atoms with Crippen LogP contribution in [0.1, 0.15) is 35.3 Å². The Kier molecular flexibility index (Phi) is 4.50. The Morgan fingerprint density at radius 3 is 2.50 bits per heavy atom. The number of ketones is 1. The first-order valence-corrected chi connectivity index (χ1v) is 10.7. The number of hydrogen-bond acceptors (Lipinski definition) is 7. The highest BCUT2D eigenvalue weighted by atomic mass is 16.6. The second kappa shape index (κ2) is 7.00. The van der Waals surface area contributed by atoms with Gasteiger partial charge in [-0.3, -0.25) is 4.79 Å². The van der Waals surface area contributed by atoms with Crippen LogP contribution in [0.15, 0.2) is 41.4 Å². The molecule has 8 heteroatoms. The molecule has 174 valence electrons. The summed E-state index contributed by atoms with van der Waals surface area (Å²) in [6, 6.07) is 6.67. The Morgan fingerprint density at radius 1 is 1.18 bits per heavy atom. The number of ether oxygens (including phenoxy) is 5. The van der Waals surface area contributed by atoms with Crippen LogP contribution < -0.4 is 23.7 Å². The van der Waals surface area contributed by atoms with Crippen LogP contribution in [0, 0.1) is 6.57 Å². The summed E-state index contributed by atoms with van der Waals surface area (Å²) >= 11 is 0. The second-order valence-electron chi connectivity index (χ2n) is 8.91. The van der Waals surface area contributed by atoms with Crippen molar-refractivity contribution in [2.75, 3.05) is 20.8 Å². The van der Waals surface area contributed by atoms with E-state index in [1.54, 1.807) is 24.3 Å². The van der Waals surface area contributed by atoms with Gasteiger partial charge in [0.2, 0.25) is 0 Å². The highest BCUT2D eigenvalue weighted by Crippen LogP contribution is 2.58. The van der Waals surface area contributed by atoms with E-state index in [0.29, 0.717) is 46.3 Å². The van der Waals surface area contributed by atoms with Gasteiger partial charge in [-0.15, -0.1) is 0 Å². The molecule has 0 aliphatic carbocycles. The van der Waals surface area contributed by atoms with Gasteiger partial charge in [0, 0.05) is 18.1 Å². The molecule has 3 aliphatic heterocycles. The van der Waals surface area contributed by atoms with Crippen LogP contribution >= 0.6 is 0 Å². The number of Topliss-reactive ketones (excluding diaryl/α,β-unsaturated/α-hetero) is 1. The van der Waals surface area contributed by atoms with E-state index in [1.165, 1.54) is 14.2 Å². The molecule has 2 aromatic rings. The Balaban J connectivity index is 1.76. The SMILES string of the molecule is C#[N+][C@@]12C(=O)c3ccc4c(c3O[C@]1(N=C)COc1cc(OC)c(OC)cc12)C[C@](C)(C(=C)C)O4. The lowest BCUT2D eigenvalue weighted by molar-refractivity contribution is -0.0405. The topological polar surface area (TPSA) is 79.9 Å². The van der Waals surface area contributed by atoms with Gasteiger partial charge in [-0.2, -0.15) is 0 Å². The van der Waals surface area contributed by atoms with E-state index in [-0.39, 0.29) is 12.4 Å². The number of fused-ring (bicyclic) bond motifs is 6. The third kappa shape index (κ3) is 2.47. The van der Waals surface area contributed by atoms with Gasteiger partial charge in [0.25, 0.3) is 12.4 Å². The predicted molar refractivity (Wildman–Crippen MR) is 126 cm³/mol. The van der Waals surface area contributed by atoms with E-state index in [9.17, 15) is 4.79 Å². The standard InChI is InChI=1S/C26H25N2O6/c1-14(2)24(3)12-16-18(33-24)9-8-15-22(16)34-25(27-4)13-32-19-11-21(31-7)20(30-6)10-17(19)26(25,28-5)23(15)29/h5,8-11H,1,4,12-13H2,2-3,6-7H3/q+1/t24-,25-,26+/m1/s1. The Bertz CT molecular complexity index is 1330. The lowest BCUT2D eigenvalue weighted by Crippen LogP contribution is -2.64. The number of benzene rings is 2. The summed E-state index contributed by atoms with van der Waals surface area (Å²) in [7, 11) is 3.01. The molecule has 2 aromatic carbocycles. The molecular formula is C26H25N2O6+. The van der Waals surface area contributed by atoms with Crippen molar-refractivity contribution in [2.45, 2.75) is 37.1 Å². The normalized spacial score (nSPS) is 27.9. The van der Waals surface area contributed by atoms with Crippen molar-refractivity contribution in [1.82, 2.24) is 0 Å². The molecule has 34 heavy (non-hydrogen) atoms. The van der Waals surface area contributed by atoms with E-state index in [4.69, 9.17) is 30.3 Å². The zero-order valence-corrected chi connectivity index (χ0v) is 19.6. The number of carbonyl (C=O) groups excluding carboxylic acids is 1. The first-order valence-electron chi connectivity index (χ1n) is 10.7. The largest absolute Gasteiger partial charge is 0.493 e. The fourth-order valence-electron chi connectivity index (χ4n) is 4.96. The molecular weight excluding hydrogens is 436 g/mol. The third-order valence-electron chi connectivity index (χ3n) is 7.13. The number of nitrogens with zero attached hydrogens (tertiary/aromatic N) is 2. The summed E-state index contributed by atoms with van der Waals surface area (Å²) < 4.78 is 29.5. The molecule has 0 aromatic heterocycles. The van der Waals surface area contributed by atoms with Gasteiger partial charge in [-0.25, -0.2) is 4.99 Å². The minimum atomic E-state index is -1.75. The van der Waals surface area contributed by atoms with Crippen LogP contribution in [0.3, 0.4) is 0 Å². The van der Waals surface area contributed by atoms with Crippen molar-refractivity contribution in [3.63, 3.8) is 0 Å². The van der Waals surface area contributed by atoms with Gasteiger partial charge in [-0.1, -0.05) is 11.4 Å². The van der Waals surface area contributed by atoms with E-state index in [0.717, 1.165) is 11.1 Å². The molecule has 0 spiro atoms. The van der Waals surface area contributed by atoms with E-state index >= 15 is 0 Å². The van der Waals surface area contributed by atoms with Gasteiger partial charge in [-0.05, 0) is 44.3 Å². The maximum atomic E-state index is 14.3. The molecule has 0 saturated carbocycles. The molecule has 0 unspecified atom stereocenters. The Hall–Kier alpha value is -3.99. The summed E-state index contributed by atoms with van der Waals surface area (Å²) in [6.45, 7) is 17.5. The van der Waals surface area contributed by atoms with Gasteiger partial charge in [0.1, 0.15) is 28.4 Å². The van der Waals surface area contributed by atoms with E-state index < -0.39 is 16.9 Å². The zero-order chi connectivity index (χ0) is 24.5. The second-order valence-corrected chi connectivity index (χ2v) is 8.91. The fourth-order valence-corrected chi connectivity index (χ4v) is 4.96. The zero-order valence-electron chi connectivity index (χ0n) is 19.6. The summed E-state index contributed by atoms with van der Waals surface area (Å²) in [5, 5.41) is 0. The van der Waals surface area contributed by atoms with E-state index in [1.807, 2.05) is 13.8 Å². The number of rotatable bonds is 4. The van der Waals surface area contributed by atoms with E-state index in [2.05, 4.69) is 23.1 Å². The lowest BCUT2D eigenvalue weighted by Gasteiger charge is -2.43. The molecule has 0 radical (unpaired) electrons. The maximum absolute atomic E-state index is 14.3. The maximum Gasteiger partial charge on any atom is 0.433 e. The summed E-state index contributed by atoms with van der Waals surface area (Å²) in [4.78, 5) is 22.6. The molecule has 0 N–H and O–H groups in total. The molecule has 0 bridgehead atoms. The molecule has 3 heterocycles. The minimum absolute atomic E-state index is 0.146. The van der Waals surface area contributed by atoms with Gasteiger partial charge in [0.15, 0.2) is 18.1 Å². The average Bonchev–Trinajstić information content (AvgIpc) is 3.21. The molecule has 0 saturated heterocycles.